The van der Waals surface area contributed by atoms with Crippen LogP contribution in [0.25, 0.3) is 11.6 Å². The van der Waals surface area contributed by atoms with E-state index in [1.165, 1.54) is 13.2 Å². The number of rotatable bonds is 3. The first-order valence-electron chi connectivity index (χ1n) is 6.23. The number of pyridine rings is 1. The summed E-state index contributed by atoms with van der Waals surface area (Å²) >= 11 is 0. The van der Waals surface area contributed by atoms with Crippen LogP contribution in [-0.4, -0.2) is 12.1 Å². The van der Waals surface area contributed by atoms with Gasteiger partial charge in [0.25, 0.3) is 0 Å². The molecule has 0 saturated carbocycles. The van der Waals surface area contributed by atoms with E-state index in [4.69, 9.17) is 10.00 Å². The highest BCUT2D eigenvalue weighted by molar-refractivity contribution is 5.88. The third-order valence-electron chi connectivity index (χ3n) is 2.91. The summed E-state index contributed by atoms with van der Waals surface area (Å²) in [6.07, 6.45) is -2.18. The van der Waals surface area contributed by atoms with Gasteiger partial charge in [-0.25, -0.2) is 0 Å². The van der Waals surface area contributed by atoms with E-state index in [1.54, 1.807) is 30.3 Å². The zero-order valence-electron chi connectivity index (χ0n) is 11.6. The second kappa shape index (κ2) is 6.31. The molecule has 6 heteroatoms. The van der Waals surface area contributed by atoms with E-state index >= 15 is 0 Å². The van der Waals surface area contributed by atoms with Gasteiger partial charge in [0.1, 0.15) is 11.8 Å². The van der Waals surface area contributed by atoms with Crippen LogP contribution in [0, 0.1) is 11.3 Å². The van der Waals surface area contributed by atoms with Gasteiger partial charge in [0, 0.05) is 6.20 Å². The van der Waals surface area contributed by atoms with E-state index in [0.29, 0.717) is 11.9 Å². The molecule has 0 aliphatic heterocycles. The molecule has 22 heavy (non-hydrogen) atoms. The maximum atomic E-state index is 12.5. The Morgan fingerprint density at radius 2 is 1.86 bits per heavy atom. The van der Waals surface area contributed by atoms with Gasteiger partial charge >= 0.3 is 6.18 Å². The Bertz CT molecular complexity index is 711. The second-order valence-corrected chi connectivity index (χ2v) is 4.37. The van der Waals surface area contributed by atoms with Crippen LogP contribution in [0.1, 0.15) is 16.8 Å². The summed E-state index contributed by atoms with van der Waals surface area (Å²) in [7, 11) is 1.54. The maximum Gasteiger partial charge on any atom is 0.417 e. The van der Waals surface area contributed by atoms with E-state index in [2.05, 4.69) is 4.98 Å². The van der Waals surface area contributed by atoms with E-state index in [0.717, 1.165) is 11.6 Å². The summed E-state index contributed by atoms with van der Waals surface area (Å²) in [5, 5.41) is 9.17. The Labute approximate surface area is 125 Å². The highest BCUT2D eigenvalue weighted by Gasteiger charge is 2.30. The fraction of sp³-hybridized carbons (Fsp3) is 0.125. The topological polar surface area (TPSA) is 45.9 Å². The van der Waals surface area contributed by atoms with E-state index in [1.807, 2.05) is 6.07 Å². The third-order valence-corrected chi connectivity index (χ3v) is 2.91. The standard InChI is InChI=1S/C16H11F3N2O/c1-22-14-5-2-11(3-6-14)8-12(9-20)15-7-4-13(10-21-15)16(17,18)19/h2-8,10H,1H3. The molecule has 0 aliphatic carbocycles. The lowest BCUT2D eigenvalue weighted by Gasteiger charge is -2.06. The predicted octanol–water partition coefficient (Wildman–Crippen LogP) is 4.17. The van der Waals surface area contributed by atoms with Gasteiger partial charge in [-0.15, -0.1) is 0 Å². The smallest absolute Gasteiger partial charge is 0.417 e. The number of halogens is 3. The number of nitrogens with zero attached hydrogens (tertiary/aromatic N) is 2. The molecule has 0 atom stereocenters. The number of ether oxygens (including phenoxy) is 1. The number of aromatic nitrogens is 1. The number of hydrogen-bond acceptors (Lipinski definition) is 3. The van der Waals surface area contributed by atoms with Crippen LogP contribution in [0.15, 0.2) is 42.6 Å². The molecule has 112 valence electrons. The van der Waals surface area contributed by atoms with E-state index in [-0.39, 0.29) is 11.3 Å². The minimum atomic E-state index is -4.45. The SMILES string of the molecule is COc1ccc(C=C(C#N)c2ccc(C(F)(F)F)cn2)cc1. The van der Waals surface area contributed by atoms with E-state index < -0.39 is 11.7 Å². The van der Waals surface area contributed by atoms with Crippen LogP contribution in [-0.2, 0) is 6.18 Å². The van der Waals surface area contributed by atoms with Crippen LogP contribution in [0.2, 0.25) is 0 Å². The highest BCUT2D eigenvalue weighted by atomic mass is 19.4. The molecule has 0 radical (unpaired) electrons. The number of nitriles is 1. The van der Waals surface area contributed by atoms with Crippen molar-refractivity contribution in [3.63, 3.8) is 0 Å². The molecular formula is C16H11F3N2O. The summed E-state index contributed by atoms with van der Waals surface area (Å²) in [5.74, 6) is 0.670. The number of alkyl halides is 3. The fourth-order valence-electron chi connectivity index (χ4n) is 1.75. The minimum Gasteiger partial charge on any atom is -0.497 e. The minimum absolute atomic E-state index is 0.180. The molecule has 0 unspecified atom stereocenters. The Morgan fingerprint density at radius 3 is 2.32 bits per heavy atom. The van der Waals surface area contributed by atoms with Gasteiger partial charge in [0.05, 0.1) is 23.9 Å². The lowest BCUT2D eigenvalue weighted by molar-refractivity contribution is -0.137. The monoisotopic (exact) mass is 304 g/mol. The van der Waals surface area contributed by atoms with Crippen molar-refractivity contribution < 1.29 is 17.9 Å². The molecule has 0 saturated heterocycles. The van der Waals surface area contributed by atoms with Gasteiger partial charge < -0.3 is 4.74 Å². The Morgan fingerprint density at radius 1 is 1.18 bits per heavy atom. The number of allylic oxidation sites excluding steroid dienone is 1. The zero-order chi connectivity index (χ0) is 16.2. The summed E-state index contributed by atoms with van der Waals surface area (Å²) < 4.78 is 42.5. The van der Waals surface area contributed by atoms with Crippen molar-refractivity contribution in [2.75, 3.05) is 7.11 Å². The van der Waals surface area contributed by atoms with Crippen molar-refractivity contribution in [2.24, 2.45) is 0 Å². The molecule has 1 heterocycles. The van der Waals surface area contributed by atoms with Crippen LogP contribution >= 0.6 is 0 Å². The van der Waals surface area contributed by atoms with Crippen molar-refractivity contribution in [2.45, 2.75) is 6.18 Å². The first-order chi connectivity index (χ1) is 10.4. The molecule has 1 aromatic carbocycles. The molecule has 0 spiro atoms. The fourth-order valence-corrected chi connectivity index (χ4v) is 1.75. The van der Waals surface area contributed by atoms with Crippen LogP contribution in [0.3, 0.4) is 0 Å². The maximum absolute atomic E-state index is 12.5. The molecule has 2 rings (SSSR count). The Hall–Kier alpha value is -2.81. The molecule has 1 aromatic heterocycles. The molecule has 0 aliphatic rings. The second-order valence-electron chi connectivity index (χ2n) is 4.37. The van der Waals surface area contributed by atoms with Crippen LogP contribution in [0.4, 0.5) is 13.2 Å². The molecule has 3 nitrogen and oxygen atoms in total. The predicted molar refractivity (Wildman–Crippen MR) is 75.7 cm³/mol. The van der Waals surface area contributed by atoms with Crippen molar-refractivity contribution in [3.8, 4) is 11.8 Å². The Kier molecular flexibility index (Phi) is 4.47. The van der Waals surface area contributed by atoms with Gasteiger partial charge in [-0.1, -0.05) is 12.1 Å². The lowest BCUT2D eigenvalue weighted by Crippen LogP contribution is -2.05. The summed E-state index contributed by atoms with van der Waals surface area (Å²) in [6.45, 7) is 0. The first-order valence-corrected chi connectivity index (χ1v) is 6.23. The average Bonchev–Trinajstić information content (AvgIpc) is 2.52. The first kappa shape index (κ1) is 15.6. The molecule has 0 fully saturated rings. The molecule has 0 amide bonds. The van der Waals surface area contributed by atoms with Gasteiger partial charge in [-0.2, -0.15) is 18.4 Å². The number of hydrogen-bond donors (Lipinski definition) is 0. The normalized spacial score (nSPS) is 11.9. The summed E-state index contributed by atoms with van der Waals surface area (Å²) in [4.78, 5) is 3.71. The van der Waals surface area contributed by atoms with E-state index in [9.17, 15) is 13.2 Å². The molecule has 0 N–H and O–H groups in total. The zero-order valence-corrected chi connectivity index (χ0v) is 11.6. The number of benzene rings is 1. The third kappa shape index (κ3) is 3.64. The van der Waals surface area contributed by atoms with Crippen molar-refractivity contribution >= 4 is 11.6 Å². The Balaban J connectivity index is 2.31. The molecule has 2 aromatic rings. The van der Waals surface area contributed by atoms with Crippen molar-refractivity contribution in [1.29, 1.82) is 5.26 Å². The number of methoxy groups -OCH3 is 1. The van der Waals surface area contributed by atoms with Gasteiger partial charge in [0.15, 0.2) is 0 Å². The van der Waals surface area contributed by atoms with Crippen molar-refractivity contribution in [1.82, 2.24) is 4.98 Å². The van der Waals surface area contributed by atoms with Crippen LogP contribution in [0.5, 0.6) is 5.75 Å². The molecule has 0 bridgehead atoms. The lowest BCUT2D eigenvalue weighted by atomic mass is 10.1. The summed E-state index contributed by atoms with van der Waals surface area (Å²) in [5.41, 5.74) is 0.238. The van der Waals surface area contributed by atoms with Gasteiger partial charge in [-0.3, -0.25) is 4.98 Å². The van der Waals surface area contributed by atoms with Crippen molar-refractivity contribution in [3.05, 3.63) is 59.4 Å². The largest absolute Gasteiger partial charge is 0.497 e. The average molecular weight is 304 g/mol. The summed E-state index contributed by atoms with van der Waals surface area (Å²) in [6, 6.07) is 10.9. The molecular weight excluding hydrogens is 293 g/mol. The quantitative estimate of drug-likeness (QED) is 0.799. The highest BCUT2D eigenvalue weighted by Crippen LogP contribution is 2.29. The van der Waals surface area contributed by atoms with Crippen LogP contribution < -0.4 is 4.74 Å². The van der Waals surface area contributed by atoms with Gasteiger partial charge in [0.2, 0.25) is 0 Å². The van der Waals surface area contributed by atoms with Gasteiger partial charge in [-0.05, 0) is 35.9 Å².